The Kier molecular flexibility index (Phi) is 2.44. The molecule has 2 aromatic rings. The van der Waals surface area contributed by atoms with E-state index in [1.165, 1.54) is 19.3 Å². The van der Waals surface area contributed by atoms with E-state index in [2.05, 4.69) is 27.6 Å². The molecule has 1 fully saturated rings. The number of anilines is 1. The third-order valence-electron chi connectivity index (χ3n) is 3.35. The minimum Gasteiger partial charge on any atom is -0.368 e. The molecular weight excluding hydrogens is 198 g/mol. The van der Waals surface area contributed by atoms with Crippen molar-refractivity contribution >= 4 is 16.6 Å². The Bertz CT molecular complexity index is 486. The third kappa shape index (κ3) is 1.73. The van der Waals surface area contributed by atoms with Crippen LogP contribution < -0.4 is 5.32 Å². The molecule has 82 valence electrons. The molecule has 1 aliphatic rings. The Morgan fingerprint density at radius 2 is 2.12 bits per heavy atom. The summed E-state index contributed by atoms with van der Waals surface area (Å²) in [5.41, 5.74) is 0. The van der Waals surface area contributed by atoms with Crippen LogP contribution in [0.2, 0.25) is 0 Å². The van der Waals surface area contributed by atoms with E-state index in [0.29, 0.717) is 0 Å². The lowest BCUT2D eigenvalue weighted by molar-refractivity contribution is 0.333. The van der Waals surface area contributed by atoms with Gasteiger partial charge in [-0.2, -0.15) is 5.10 Å². The normalized spacial score (nSPS) is 16.0. The van der Waals surface area contributed by atoms with Gasteiger partial charge in [0.25, 0.3) is 0 Å². The van der Waals surface area contributed by atoms with Crippen LogP contribution >= 0.6 is 0 Å². The van der Waals surface area contributed by atoms with Crippen LogP contribution in [-0.2, 0) is 0 Å². The second-order valence-corrected chi connectivity index (χ2v) is 4.46. The minimum atomic E-state index is 0.834. The van der Waals surface area contributed by atoms with Crippen molar-refractivity contribution in [1.82, 2.24) is 10.2 Å². The average molecular weight is 213 g/mol. The summed E-state index contributed by atoms with van der Waals surface area (Å²) in [4.78, 5) is 0. The van der Waals surface area contributed by atoms with Gasteiger partial charge in [-0.15, -0.1) is 5.10 Å². The van der Waals surface area contributed by atoms with Crippen molar-refractivity contribution in [2.45, 2.75) is 19.3 Å². The molecule has 3 rings (SSSR count). The van der Waals surface area contributed by atoms with Crippen LogP contribution in [0.25, 0.3) is 10.8 Å². The van der Waals surface area contributed by atoms with Gasteiger partial charge in [0.1, 0.15) is 0 Å². The molecule has 0 bridgehead atoms. The fraction of sp³-hybridized carbons (Fsp3) is 0.385. The van der Waals surface area contributed by atoms with E-state index >= 15 is 0 Å². The summed E-state index contributed by atoms with van der Waals surface area (Å²) in [5, 5.41) is 13.9. The third-order valence-corrected chi connectivity index (χ3v) is 3.35. The first-order valence-corrected chi connectivity index (χ1v) is 5.88. The first-order valence-electron chi connectivity index (χ1n) is 5.88. The fourth-order valence-corrected chi connectivity index (χ4v) is 2.10. The highest BCUT2D eigenvalue weighted by atomic mass is 15.2. The van der Waals surface area contributed by atoms with Gasteiger partial charge in [-0.05, 0) is 18.8 Å². The molecule has 0 aliphatic heterocycles. The molecular formula is C13H15N3. The van der Waals surface area contributed by atoms with Gasteiger partial charge in [0.05, 0.1) is 6.20 Å². The van der Waals surface area contributed by atoms with Gasteiger partial charge >= 0.3 is 0 Å². The Labute approximate surface area is 94.9 Å². The number of hydrogen-bond donors (Lipinski definition) is 1. The van der Waals surface area contributed by atoms with E-state index in [-0.39, 0.29) is 0 Å². The molecule has 16 heavy (non-hydrogen) atoms. The Morgan fingerprint density at radius 3 is 2.94 bits per heavy atom. The fourth-order valence-electron chi connectivity index (χ4n) is 2.10. The lowest BCUT2D eigenvalue weighted by Gasteiger charge is -2.25. The van der Waals surface area contributed by atoms with Crippen LogP contribution in [0.3, 0.4) is 0 Å². The number of nitrogens with zero attached hydrogens (tertiary/aromatic N) is 2. The second kappa shape index (κ2) is 4.08. The maximum absolute atomic E-state index is 4.18. The molecule has 1 heterocycles. The molecule has 1 saturated carbocycles. The molecule has 1 aromatic carbocycles. The highest BCUT2D eigenvalue weighted by molar-refractivity contribution is 5.90. The van der Waals surface area contributed by atoms with Gasteiger partial charge in [0.2, 0.25) is 0 Å². The van der Waals surface area contributed by atoms with Crippen molar-refractivity contribution < 1.29 is 0 Å². The first kappa shape index (κ1) is 9.58. The second-order valence-electron chi connectivity index (χ2n) is 4.46. The summed E-state index contributed by atoms with van der Waals surface area (Å²) in [6.45, 7) is 1.03. The molecule has 1 aliphatic carbocycles. The van der Waals surface area contributed by atoms with Gasteiger partial charge in [-0.3, -0.25) is 0 Å². The SMILES string of the molecule is c1ccc2c(NCC3CCC3)nncc2c1. The molecule has 0 atom stereocenters. The zero-order chi connectivity index (χ0) is 10.8. The lowest BCUT2D eigenvalue weighted by atomic mass is 9.85. The van der Waals surface area contributed by atoms with Crippen molar-refractivity contribution in [3.63, 3.8) is 0 Å². The maximum Gasteiger partial charge on any atom is 0.156 e. The Balaban J connectivity index is 1.84. The van der Waals surface area contributed by atoms with E-state index in [1.807, 2.05) is 18.3 Å². The summed E-state index contributed by atoms with van der Waals surface area (Å²) in [6, 6.07) is 8.23. The van der Waals surface area contributed by atoms with Gasteiger partial charge in [0.15, 0.2) is 5.82 Å². The topological polar surface area (TPSA) is 37.8 Å². The highest BCUT2D eigenvalue weighted by Crippen LogP contribution is 2.27. The molecule has 3 heteroatoms. The minimum absolute atomic E-state index is 0.834. The quantitative estimate of drug-likeness (QED) is 0.852. The largest absolute Gasteiger partial charge is 0.368 e. The van der Waals surface area contributed by atoms with Crippen molar-refractivity contribution in [1.29, 1.82) is 0 Å². The predicted molar refractivity (Wildman–Crippen MR) is 65.4 cm³/mol. The van der Waals surface area contributed by atoms with Gasteiger partial charge < -0.3 is 5.32 Å². The summed E-state index contributed by atoms with van der Waals surface area (Å²) < 4.78 is 0. The van der Waals surface area contributed by atoms with Crippen LogP contribution in [0.5, 0.6) is 0 Å². The smallest absolute Gasteiger partial charge is 0.156 e. The number of aromatic nitrogens is 2. The summed E-state index contributed by atoms with van der Waals surface area (Å²) in [7, 11) is 0. The van der Waals surface area contributed by atoms with Crippen LogP contribution in [-0.4, -0.2) is 16.7 Å². The van der Waals surface area contributed by atoms with Gasteiger partial charge in [0, 0.05) is 17.3 Å². The highest BCUT2D eigenvalue weighted by Gasteiger charge is 2.17. The Morgan fingerprint density at radius 1 is 1.25 bits per heavy atom. The van der Waals surface area contributed by atoms with E-state index < -0.39 is 0 Å². The van der Waals surface area contributed by atoms with E-state index in [4.69, 9.17) is 0 Å². The van der Waals surface area contributed by atoms with Gasteiger partial charge in [-0.25, -0.2) is 0 Å². The predicted octanol–water partition coefficient (Wildman–Crippen LogP) is 2.84. The molecule has 1 N–H and O–H groups in total. The summed E-state index contributed by atoms with van der Waals surface area (Å²) in [5.74, 6) is 1.76. The zero-order valence-electron chi connectivity index (χ0n) is 9.19. The standard InChI is InChI=1S/C13H15N3/c1-2-7-12-11(6-1)9-15-16-13(12)14-8-10-4-3-5-10/h1-2,6-7,9-10H,3-5,8H2,(H,14,16). The number of rotatable bonds is 3. The van der Waals surface area contributed by atoms with Crippen LogP contribution in [0.4, 0.5) is 5.82 Å². The average Bonchev–Trinajstić information content (AvgIpc) is 2.27. The van der Waals surface area contributed by atoms with Gasteiger partial charge in [-0.1, -0.05) is 30.7 Å². The molecule has 0 spiro atoms. The molecule has 0 saturated heterocycles. The lowest BCUT2D eigenvalue weighted by Crippen LogP contribution is -2.21. The van der Waals surface area contributed by atoms with Crippen molar-refractivity contribution in [3.05, 3.63) is 30.5 Å². The van der Waals surface area contributed by atoms with Crippen LogP contribution in [0.15, 0.2) is 30.5 Å². The summed E-state index contributed by atoms with van der Waals surface area (Å²) >= 11 is 0. The maximum atomic E-state index is 4.18. The molecule has 0 unspecified atom stereocenters. The molecule has 0 amide bonds. The number of fused-ring (bicyclic) bond motifs is 1. The van der Waals surface area contributed by atoms with Crippen molar-refractivity contribution in [2.24, 2.45) is 5.92 Å². The molecule has 1 aromatic heterocycles. The van der Waals surface area contributed by atoms with E-state index in [1.54, 1.807) is 0 Å². The molecule has 0 radical (unpaired) electrons. The van der Waals surface area contributed by atoms with Crippen molar-refractivity contribution in [2.75, 3.05) is 11.9 Å². The summed E-state index contributed by atoms with van der Waals surface area (Å²) in [6.07, 6.45) is 5.90. The molecule has 3 nitrogen and oxygen atoms in total. The van der Waals surface area contributed by atoms with E-state index in [0.717, 1.165) is 29.1 Å². The number of benzene rings is 1. The van der Waals surface area contributed by atoms with Crippen LogP contribution in [0.1, 0.15) is 19.3 Å². The number of nitrogens with one attached hydrogen (secondary N) is 1. The van der Waals surface area contributed by atoms with E-state index in [9.17, 15) is 0 Å². The van der Waals surface area contributed by atoms with Crippen LogP contribution in [0, 0.1) is 5.92 Å². The monoisotopic (exact) mass is 213 g/mol. The number of hydrogen-bond acceptors (Lipinski definition) is 3. The first-order chi connectivity index (χ1) is 7.93. The van der Waals surface area contributed by atoms with Crippen molar-refractivity contribution in [3.8, 4) is 0 Å². The zero-order valence-corrected chi connectivity index (χ0v) is 9.19. The Hall–Kier alpha value is -1.64.